The molecule has 0 amide bonds. The molecule has 43 heavy (non-hydrogen) atoms. The third kappa shape index (κ3) is 8.64. The zero-order valence-electron chi connectivity index (χ0n) is 25.5. The van der Waals surface area contributed by atoms with E-state index in [0.717, 1.165) is 5.57 Å². The van der Waals surface area contributed by atoms with Gasteiger partial charge in [-0.25, -0.2) is 4.79 Å². The molecule has 6 N–H and O–H groups in total. The summed E-state index contributed by atoms with van der Waals surface area (Å²) in [7, 11) is 0. The van der Waals surface area contributed by atoms with Crippen molar-refractivity contribution in [2.75, 3.05) is 0 Å². The summed E-state index contributed by atoms with van der Waals surface area (Å²) in [5.74, 6) is -2.43. The van der Waals surface area contributed by atoms with Crippen LogP contribution in [0.2, 0.25) is 0 Å². The van der Waals surface area contributed by atoms with E-state index in [4.69, 9.17) is 19.3 Å². The highest BCUT2D eigenvalue weighted by atomic mass is 16.7. The zero-order chi connectivity index (χ0) is 32.2. The van der Waals surface area contributed by atoms with E-state index in [9.17, 15) is 39.9 Å². The Morgan fingerprint density at radius 2 is 1.72 bits per heavy atom. The van der Waals surface area contributed by atoms with Crippen LogP contribution in [0.25, 0.3) is 0 Å². The number of carboxylic acids is 1. The molecule has 1 aliphatic heterocycles. The first-order valence-electron chi connectivity index (χ1n) is 15.1. The molecule has 2 aliphatic carbocycles. The van der Waals surface area contributed by atoms with E-state index in [0.29, 0.717) is 25.7 Å². The molecule has 0 saturated carbocycles. The van der Waals surface area contributed by atoms with Crippen LogP contribution in [-0.2, 0) is 28.6 Å². The van der Waals surface area contributed by atoms with Crippen LogP contribution >= 0.6 is 0 Å². The predicted octanol–water partition coefficient (Wildman–Crippen LogP) is 1.46. The number of carbonyl (C=O) groups is 3. The van der Waals surface area contributed by atoms with Gasteiger partial charge >= 0.3 is 17.9 Å². The number of carbonyl (C=O) groups excluding carboxylic acids is 2. The third-order valence-electron chi connectivity index (χ3n) is 9.13. The van der Waals surface area contributed by atoms with Gasteiger partial charge in [-0.2, -0.15) is 0 Å². The van der Waals surface area contributed by atoms with Gasteiger partial charge in [-0.05, 0) is 69.3 Å². The summed E-state index contributed by atoms with van der Waals surface area (Å²) in [5, 5.41) is 60.0. The van der Waals surface area contributed by atoms with Crippen LogP contribution in [0.1, 0.15) is 73.1 Å². The Hall–Kier alpha value is -2.35. The van der Waals surface area contributed by atoms with Gasteiger partial charge in [-0.3, -0.25) is 9.59 Å². The van der Waals surface area contributed by atoms with E-state index in [1.807, 2.05) is 20.8 Å². The minimum absolute atomic E-state index is 0.0228. The van der Waals surface area contributed by atoms with Crippen molar-refractivity contribution in [3.63, 3.8) is 0 Å². The second-order valence-electron chi connectivity index (χ2n) is 13.0. The van der Waals surface area contributed by atoms with Crippen molar-refractivity contribution in [1.29, 1.82) is 0 Å². The van der Waals surface area contributed by atoms with Crippen LogP contribution in [-0.4, -0.2) is 97.6 Å². The van der Waals surface area contributed by atoms with Gasteiger partial charge in [0.25, 0.3) is 0 Å². The van der Waals surface area contributed by atoms with Crippen molar-refractivity contribution in [2.24, 2.45) is 29.1 Å². The molecular formula is C31H48O12. The van der Waals surface area contributed by atoms with Gasteiger partial charge in [0.1, 0.15) is 24.4 Å². The van der Waals surface area contributed by atoms with Crippen molar-refractivity contribution in [3.8, 4) is 0 Å². The van der Waals surface area contributed by atoms with Gasteiger partial charge in [-0.15, -0.1) is 0 Å². The van der Waals surface area contributed by atoms with Gasteiger partial charge in [-0.1, -0.05) is 39.0 Å². The minimum Gasteiger partial charge on any atom is -0.479 e. The van der Waals surface area contributed by atoms with Crippen molar-refractivity contribution >= 4 is 17.9 Å². The molecule has 0 radical (unpaired) electrons. The Morgan fingerprint density at radius 1 is 1.05 bits per heavy atom. The number of esters is 2. The molecule has 3 rings (SSSR count). The average molecular weight is 613 g/mol. The highest BCUT2D eigenvalue weighted by Crippen LogP contribution is 2.45. The number of aliphatic hydroxyl groups excluding tert-OH is 5. The summed E-state index contributed by atoms with van der Waals surface area (Å²) in [4.78, 5) is 36.6. The van der Waals surface area contributed by atoms with Gasteiger partial charge in [0.05, 0.1) is 24.0 Å². The SMILES string of the molecule is CCC(C)(C)C(=O)O[C@H]1C[C@@H](C)C=C2C=C[C@H](C)[C@H](CC[C@@H](O)C[C@@H](O)CC(=O)O[C@H]3OC(C(=O)O)[C@H](O)C(O)C3O)[C@H]21. The molecule has 0 aromatic carbocycles. The molecule has 3 unspecified atom stereocenters. The van der Waals surface area contributed by atoms with Crippen LogP contribution < -0.4 is 0 Å². The summed E-state index contributed by atoms with van der Waals surface area (Å²) < 4.78 is 16.0. The van der Waals surface area contributed by atoms with Crippen LogP contribution in [0.5, 0.6) is 0 Å². The minimum atomic E-state index is -1.93. The lowest BCUT2D eigenvalue weighted by Crippen LogP contribution is -2.60. The number of carboxylic acid groups (broad SMARTS) is 1. The standard InChI is InChI=1S/C31H48O12/c1-6-31(4,5)30(40)41-21-12-15(2)11-17-8-7-16(3)20(23(17)21)10-9-18(32)13-19(33)14-22(34)42-29-26(37)24(35)25(36)27(43-29)28(38)39/h7-8,11,15-16,18-21,23-27,29,32-33,35-37H,6,9-10,12-14H2,1-5H3,(H,38,39)/t15-,16-,18+,19+,20-,21-,23-,24?,25+,26?,27?,29-/m0/s1. The summed E-state index contributed by atoms with van der Waals surface area (Å²) in [6.07, 6.45) is -4.12. The van der Waals surface area contributed by atoms with Crippen LogP contribution in [0.4, 0.5) is 0 Å². The lowest BCUT2D eigenvalue weighted by Gasteiger charge is -2.44. The Kier molecular flexibility index (Phi) is 11.9. The maximum atomic E-state index is 13.0. The molecule has 3 aliphatic rings. The van der Waals surface area contributed by atoms with Gasteiger partial charge in [0.15, 0.2) is 6.10 Å². The molecule has 12 nitrogen and oxygen atoms in total. The van der Waals surface area contributed by atoms with E-state index in [1.54, 1.807) is 0 Å². The Labute approximate surface area is 252 Å². The van der Waals surface area contributed by atoms with Crippen LogP contribution in [0.15, 0.2) is 23.8 Å². The van der Waals surface area contributed by atoms with Gasteiger partial charge in [0.2, 0.25) is 6.29 Å². The number of aliphatic carboxylic acids is 1. The summed E-state index contributed by atoms with van der Waals surface area (Å²) in [6, 6.07) is 0. The summed E-state index contributed by atoms with van der Waals surface area (Å²) >= 11 is 0. The summed E-state index contributed by atoms with van der Waals surface area (Å²) in [6.45, 7) is 9.90. The Balaban J connectivity index is 1.57. The van der Waals surface area contributed by atoms with E-state index < -0.39 is 66.7 Å². The lowest BCUT2D eigenvalue weighted by molar-refractivity contribution is -0.286. The van der Waals surface area contributed by atoms with Gasteiger partial charge < -0.3 is 44.8 Å². The first kappa shape index (κ1) is 35.1. The van der Waals surface area contributed by atoms with Crippen LogP contribution in [0, 0.1) is 29.1 Å². The number of allylic oxidation sites excluding steroid dienone is 3. The van der Waals surface area contributed by atoms with E-state index in [-0.39, 0.29) is 42.2 Å². The first-order valence-corrected chi connectivity index (χ1v) is 15.1. The monoisotopic (exact) mass is 612 g/mol. The van der Waals surface area contributed by atoms with Crippen molar-refractivity contribution in [3.05, 3.63) is 23.8 Å². The maximum absolute atomic E-state index is 13.0. The number of aliphatic hydroxyl groups is 5. The topological polar surface area (TPSA) is 200 Å². The molecule has 0 aromatic rings. The number of ether oxygens (including phenoxy) is 3. The fourth-order valence-corrected chi connectivity index (χ4v) is 6.08. The molecular weight excluding hydrogens is 564 g/mol. The van der Waals surface area contributed by atoms with E-state index in [2.05, 4.69) is 32.1 Å². The van der Waals surface area contributed by atoms with Crippen LogP contribution in [0.3, 0.4) is 0 Å². The van der Waals surface area contributed by atoms with Crippen molar-refractivity contribution in [1.82, 2.24) is 0 Å². The van der Waals surface area contributed by atoms with Crippen molar-refractivity contribution < 1.29 is 59.2 Å². The molecule has 1 saturated heterocycles. The smallest absolute Gasteiger partial charge is 0.335 e. The molecule has 0 spiro atoms. The number of hydrogen-bond acceptors (Lipinski definition) is 11. The zero-order valence-corrected chi connectivity index (χ0v) is 25.5. The summed E-state index contributed by atoms with van der Waals surface area (Å²) in [5.41, 5.74) is 0.533. The van der Waals surface area contributed by atoms with E-state index in [1.165, 1.54) is 0 Å². The molecule has 0 bridgehead atoms. The quantitative estimate of drug-likeness (QED) is 0.174. The fourth-order valence-electron chi connectivity index (χ4n) is 6.08. The second-order valence-corrected chi connectivity index (χ2v) is 13.0. The predicted molar refractivity (Wildman–Crippen MR) is 152 cm³/mol. The first-order chi connectivity index (χ1) is 20.0. The second kappa shape index (κ2) is 14.6. The molecule has 12 heteroatoms. The molecule has 244 valence electrons. The fraction of sp³-hybridized carbons (Fsp3) is 0.774. The lowest BCUT2D eigenvalue weighted by atomic mass is 9.65. The Bertz CT molecular complexity index is 1050. The molecule has 12 atom stereocenters. The average Bonchev–Trinajstić information content (AvgIpc) is 2.92. The third-order valence-corrected chi connectivity index (χ3v) is 9.13. The number of rotatable bonds is 12. The Morgan fingerprint density at radius 3 is 2.35 bits per heavy atom. The van der Waals surface area contributed by atoms with E-state index >= 15 is 0 Å². The normalized spacial score (nSPS) is 35.7. The maximum Gasteiger partial charge on any atom is 0.335 e. The highest BCUT2D eigenvalue weighted by Gasteiger charge is 2.49. The highest BCUT2D eigenvalue weighted by molar-refractivity contribution is 5.76. The number of hydrogen-bond donors (Lipinski definition) is 6. The molecule has 0 aromatic heterocycles. The molecule has 1 heterocycles. The molecule has 1 fully saturated rings. The number of fused-ring (bicyclic) bond motifs is 1. The largest absolute Gasteiger partial charge is 0.479 e. The van der Waals surface area contributed by atoms with Gasteiger partial charge in [0, 0.05) is 5.92 Å². The van der Waals surface area contributed by atoms with Crippen molar-refractivity contribution in [2.45, 2.75) is 122 Å².